The summed E-state index contributed by atoms with van der Waals surface area (Å²) >= 11 is 0. The van der Waals surface area contributed by atoms with E-state index in [1.165, 1.54) is 0 Å². The zero-order valence-corrected chi connectivity index (χ0v) is 11.8. The van der Waals surface area contributed by atoms with E-state index in [1.807, 2.05) is 19.9 Å². The Morgan fingerprint density at radius 1 is 1.30 bits per heavy atom. The van der Waals surface area contributed by atoms with Crippen LogP contribution in [0.4, 0.5) is 18.9 Å². The van der Waals surface area contributed by atoms with Crippen molar-refractivity contribution in [3.05, 3.63) is 29.3 Å². The van der Waals surface area contributed by atoms with Gasteiger partial charge in [-0.25, -0.2) is 0 Å². The van der Waals surface area contributed by atoms with E-state index in [4.69, 9.17) is 5.11 Å². The molecule has 3 nitrogen and oxygen atoms in total. The monoisotopic (exact) mass is 290 g/mol. The number of rotatable bonds is 7. The summed E-state index contributed by atoms with van der Waals surface area (Å²) in [6.45, 7) is 4.00. The highest BCUT2D eigenvalue weighted by Gasteiger charge is 2.30. The summed E-state index contributed by atoms with van der Waals surface area (Å²) in [4.78, 5) is 1.14. The number of anilines is 1. The first-order valence-corrected chi connectivity index (χ1v) is 6.60. The Hall–Kier alpha value is -1.27. The highest BCUT2D eigenvalue weighted by molar-refractivity contribution is 5.51. The van der Waals surface area contributed by atoms with Gasteiger partial charge in [0.1, 0.15) is 6.54 Å². The van der Waals surface area contributed by atoms with Crippen LogP contribution in [-0.2, 0) is 6.54 Å². The summed E-state index contributed by atoms with van der Waals surface area (Å²) in [5.74, 6) is 0. The third-order valence-electron chi connectivity index (χ3n) is 3.00. The average Bonchev–Trinajstić information content (AvgIpc) is 2.35. The first kappa shape index (κ1) is 16.8. The van der Waals surface area contributed by atoms with Crippen molar-refractivity contribution in [1.82, 2.24) is 5.32 Å². The van der Waals surface area contributed by atoms with E-state index in [2.05, 4.69) is 5.32 Å². The molecule has 0 unspecified atom stereocenters. The fraction of sp³-hybridized carbons (Fsp3) is 0.571. The Bertz CT molecular complexity index is 421. The van der Waals surface area contributed by atoms with Gasteiger partial charge < -0.3 is 15.3 Å². The molecule has 2 N–H and O–H groups in total. The van der Waals surface area contributed by atoms with Gasteiger partial charge in [0.05, 0.1) is 6.61 Å². The molecule has 20 heavy (non-hydrogen) atoms. The number of benzene rings is 1. The number of hydrogen-bond acceptors (Lipinski definition) is 3. The molecule has 0 aliphatic carbocycles. The van der Waals surface area contributed by atoms with Crippen molar-refractivity contribution in [2.45, 2.75) is 26.6 Å². The van der Waals surface area contributed by atoms with Gasteiger partial charge >= 0.3 is 6.18 Å². The van der Waals surface area contributed by atoms with Gasteiger partial charge in [-0.05, 0) is 36.7 Å². The largest absolute Gasteiger partial charge is 0.405 e. The molecule has 1 rings (SSSR count). The van der Waals surface area contributed by atoms with Crippen molar-refractivity contribution < 1.29 is 18.3 Å². The molecule has 0 bridgehead atoms. The lowest BCUT2D eigenvalue weighted by atomic mass is 10.1. The highest BCUT2D eigenvalue weighted by Crippen LogP contribution is 2.24. The van der Waals surface area contributed by atoms with Gasteiger partial charge in [-0.1, -0.05) is 13.0 Å². The van der Waals surface area contributed by atoms with Crippen molar-refractivity contribution in [3.8, 4) is 0 Å². The Kier molecular flexibility index (Phi) is 6.29. The maximum atomic E-state index is 12.5. The van der Waals surface area contributed by atoms with Gasteiger partial charge in [0.25, 0.3) is 0 Å². The van der Waals surface area contributed by atoms with Gasteiger partial charge in [0, 0.05) is 18.8 Å². The first-order chi connectivity index (χ1) is 9.37. The van der Waals surface area contributed by atoms with E-state index in [0.29, 0.717) is 12.2 Å². The number of nitrogens with one attached hydrogen (secondary N) is 1. The molecule has 0 saturated carbocycles. The molecule has 0 radical (unpaired) electrons. The molecule has 0 heterocycles. The fourth-order valence-corrected chi connectivity index (χ4v) is 1.97. The van der Waals surface area contributed by atoms with E-state index < -0.39 is 12.7 Å². The molecule has 1 aromatic carbocycles. The minimum absolute atomic E-state index is 0.0362. The highest BCUT2D eigenvalue weighted by atomic mass is 19.4. The van der Waals surface area contributed by atoms with Gasteiger partial charge in [0.2, 0.25) is 0 Å². The normalized spacial score (nSPS) is 11.7. The molecule has 0 atom stereocenters. The smallest absolute Gasteiger partial charge is 0.395 e. The predicted octanol–water partition coefficient (Wildman–Crippen LogP) is 2.47. The van der Waals surface area contributed by atoms with Gasteiger partial charge in [0.15, 0.2) is 0 Å². The molecule has 0 amide bonds. The molecule has 114 valence electrons. The van der Waals surface area contributed by atoms with Crippen LogP contribution in [0.1, 0.15) is 18.1 Å². The van der Waals surface area contributed by atoms with Crippen molar-refractivity contribution in [2.75, 3.05) is 31.1 Å². The second-order valence-electron chi connectivity index (χ2n) is 4.65. The molecule has 0 aliphatic heterocycles. The van der Waals surface area contributed by atoms with Crippen molar-refractivity contribution in [3.63, 3.8) is 0 Å². The van der Waals surface area contributed by atoms with E-state index in [1.54, 1.807) is 12.1 Å². The van der Waals surface area contributed by atoms with Crippen LogP contribution in [0.25, 0.3) is 0 Å². The molecule has 0 fully saturated rings. The second-order valence-corrected chi connectivity index (χ2v) is 4.65. The summed E-state index contributed by atoms with van der Waals surface area (Å²) in [5.41, 5.74) is 2.48. The summed E-state index contributed by atoms with van der Waals surface area (Å²) in [6.07, 6.45) is -4.29. The number of halogens is 3. The van der Waals surface area contributed by atoms with Crippen LogP contribution in [0.15, 0.2) is 18.2 Å². The molecular weight excluding hydrogens is 269 g/mol. The maximum absolute atomic E-state index is 12.5. The Morgan fingerprint density at radius 3 is 2.50 bits per heavy atom. The maximum Gasteiger partial charge on any atom is 0.405 e. The van der Waals surface area contributed by atoms with Crippen molar-refractivity contribution >= 4 is 5.69 Å². The molecule has 6 heteroatoms. The van der Waals surface area contributed by atoms with Crippen molar-refractivity contribution in [2.24, 2.45) is 0 Å². The topological polar surface area (TPSA) is 35.5 Å². The molecule has 0 spiro atoms. The Balaban J connectivity index is 2.89. The van der Waals surface area contributed by atoms with Crippen LogP contribution >= 0.6 is 0 Å². The lowest BCUT2D eigenvalue weighted by molar-refractivity contribution is -0.119. The van der Waals surface area contributed by atoms with E-state index in [9.17, 15) is 13.2 Å². The van der Waals surface area contributed by atoms with E-state index in [-0.39, 0.29) is 13.2 Å². The van der Waals surface area contributed by atoms with Crippen LogP contribution in [-0.4, -0.2) is 37.5 Å². The van der Waals surface area contributed by atoms with Gasteiger partial charge in [-0.2, -0.15) is 13.2 Å². The molecule has 0 aliphatic rings. The summed E-state index contributed by atoms with van der Waals surface area (Å²) in [6, 6.07) is 5.23. The van der Waals surface area contributed by atoms with E-state index >= 15 is 0 Å². The number of aryl methyl sites for hydroxylation is 1. The second kappa shape index (κ2) is 7.50. The minimum Gasteiger partial charge on any atom is -0.395 e. The number of nitrogens with zero attached hydrogens (tertiary/aromatic N) is 1. The zero-order chi connectivity index (χ0) is 15.2. The number of hydrogen-bond donors (Lipinski definition) is 2. The molecule has 1 aromatic rings. The minimum atomic E-state index is -4.29. The van der Waals surface area contributed by atoms with Crippen LogP contribution in [0.5, 0.6) is 0 Å². The summed E-state index contributed by atoms with van der Waals surface area (Å²) in [7, 11) is 0. The molecular formula is C14H21F3N2O. The lowest BCUT2D eigenvalue weighted by Gasteiger charge is -2.26. The number of alkyl halides is 3. The third kappa shape index (κ3) is 5.38. The average molecular weight is 290 g/mol. The number of aliphatic hydroxyl groups excluding tert-OH is 1. The van der Waals surface area contributed by atoms with Crippen LogP contribution in [0.3, 0.4) is 0 Å². The molecule has 0 aromatic heterocycles. The van der Waals surface area contributed by atoms with Gasteiger partial charge in [-0.3, -0.25) is 0 Å². The Labute approximate surface area is 117 Å². The predicted molar refractivity (Wildman–Crippen MR) is 73.9 cm³/mol. The zero-order valence-electron chi connectivity index (χ0n) is 11.8. The standard InChI is InChI=1S/C14H21F3N2O/c1-3-18-9-12-4-5-13(8-11(12)2)19(6-7-20)10-14(15,16)17/h4-5,8,18,20H,3,6-7,9-10H2,1-2H3. The SMILES string of the molecule is CCNCc1ccc(N(CCO)CC(F)(F)F)cc1C. The third-order valence-corrected chi connectivity index (χ3v) is 3.00. The van der Waals surface area contributed by atoms with E-state index in [0.717, 1.165) is 22.6 Å². The fourth-order valence-electron chi connectivity index (χ4n) is 1.97. The van der Waals surface area contributed by atoms with Gasteiger partial charge in [-0.15, -0.1) is 0 Å². The summed E-state index contributed by atoms with van der Waals surface area (Å²) in [5, 5.41) is 12.1. The molecule has 0 saturated heterocycles. The van der Waals surface area contributed by atoms with Crippen LogP contribution < -0.4 is 10.2 Å². The van der Waals surface area contributed by atoms with Crippen molar-refractivity contribution in [1.29, 1.82) is 0 Å². The Morgan fingerprint density at radius 2 is 2.00 bits per heavy atom. The first-order valence-electron chi connectivity index (χ1n) is 6.60. The lowest BCUT2D eigenvalue weighted by Crippen LogP contribution is -2.36. The van der Waals surface area contributed by atoms with Crippen LogP contribution in [0, 0.1) is 6.92 Å². The van der Waals surface area contributed by atoms with Crippen LogP contribution in [0.2, 0.25) is 0 Å². The quantitative estimate of drug-likeness (QED) is 0.810. The number of aliphatic hydroxyl groups is 1. The summed E-state index contributed by atoms with van der Waals surface area (Å²) < 4.78 is 37.6.